The summed E-state index contributed by atoms with van der Waals surface area (Å²) in [5.41, 5.74) is -1.37. The molecule has 2 aromatic rings. The third-order valence-corrected chi connectivity index (χ3v) is 7.43. The largest absolute Gasteiger partial charge is 0.507 e. The summed E-state index contributed by atoms with van der Waals surface area (Å²) in [6, 6.07) is 0.636. The first-order chi connectivity index (χ1) is 20.2. The average molecular weight is 613 g/mol. The average Bonchev–Trinajstić information content (AvgIpc) is 2.97. The number of aliphatic hydroxyl groups excluding tert-OH is 1. The number of aromatic nitrogens is 1. The number of carbonyl (C=O) groups excluding carboxylic acids is 4. The summed E-state index contributed by atoms with van der Waals surface area (Å²) in [6.07, 6.45) is -3.95. The molecule has 2 heterocycles. The molecule has 234 valence electrons. The second kappa shape index (κ2) is 13.8. The van der Waals surface area contributed by atoms with Crippen molar-refractivity contribution in [2.24, 2.45) is 11.8 Å². The smallest absolute Gasteiger partial charge is 0.329 e. The van der Waals surface area contributed by atoms with Gasteiger partial charge in [0, 0.05) is 12.0 Å². The van der Waals surface area contributed by atoms with E-state index in [0.717, 1.165) is 0 Å². The molecule has 3 rings (SSSR count). The minimum atomic E-state index is -2.10. The summed E-state index contributed by atoms with van der Waals surface area (Å²) in [7, 11) is 0. The number of nitrogens with one attached hydrogen (secondary N) is 3. The van der Waals surface area contributed by atoms with Crippen LogP contribution >= 0.6 is 0 Å². The molecule has 5 N–H and O–H groups in total. The molecule has 0 bridgehead atoms. The molecular formula is C28H32F4N4O7. The Balaban J connectivity index is 2.08. The zero-order valence-corrected chi connectivity index (χ0v) is 23.7. The molecule has 1 saturated heterocycles. The number of esters is 1. The summed E-state index contributed by atoms with van der Waals surface area (Å²) in [6.45, 7) is 5.83. The second-order valence-electron chi connectivity index (χ2n) is 10.4. The zero-order valence-electron chi connectivity index (χ0n) is 23.7. The highest BCUT2D eigenvalue weighted by molar-refractivity contribution is 6.00. The highest BCUT2D eigenvalue weighted by atomic mass is 19.2. The van der Waals surface area contributed by atoms with Gasteiger partial charge in [0.05, 0.1) is 23.6 Å². The van der Waals surface area contributed by atoms with Crippen molar-refractivity contribution in [2.75, 3.05) is 0 Å². The van der Waals surface area contributed by atoms with Gasteiger partial charge in [0.15, 0.2) is 5.82 Å². The van der Waals surface area contributed by atoms with Crippen LogP contribution in [0.5, 0.6) is 5.75 Å². The van der Waals surface area contributed by atoms with Gasteiger partial charge in [0.2, 0.25) is 23.6 Å². The Bertz CT molecular complexity index is 1400. The fraction of sp³-hybridized carbons (Fsp3) is 0.464. The number of nitrogens with zero attached hydrogens (tertiary/aromatic N) is 1. The van der Waals surface area contributed by atoms with Crippen molar-refractivity contribution in [3.63, 3.8) is 0 Å². The normalized spacial score (nSPS) is 25.8. The lowest BCUT2D eigenvalue weighted by Crippen LogP contribution is -2.61. The Hall–Kier alpha value is -4.27. The Morgan fingerprint density at radius 3 is 2.33 bits per heavy atom. The van der Waals surface area contributed by atoms with Crippen molar-refractivity contribution in [1.29, 1.82) is 0 Å². The summed E-state index contributed by atoms with van der Waals surface area (Å²) >= 11 is 0. The standard InChI is InChI=1S/C28H32F4N4O7/c1-5-11(2)20-28(42)43-13(4)21(35-26(40)14-8-6-7-9-17(14)37)27(41)33-16(22(38)12(3)25(39)34-20)10-15-18(29)19(30)24(32)36-23(15)31/h6-9,11-13,16,20-22,37-38H,5,10H2,1-4H3,(H,33,41)(H,34,39)(H,35,40). The summed E-state index contributed by atoms with van der Waals surface area (Å²) in [4.78, 5) is 55.5. The molecule has 1 fully saturated rings. The van der Waals surface area contributed by atoms with Crippen molar-refractivity contribution in [2.45, 2.75) is 70.9 Å². The van der Waals surface area contributed by atoms with Crippen molar-refractivity contribution in [3.05, 3.63) is 58.9 Å². The van der Waals surface area contributed by atoms with Crippen LogP contribution in [0.4, 0.5) is 17.6 Å². The maximum atomic E-state index is 14.6. The van der Waals surface area contributed by atoms with E-state index in [4.69, 9.17) is 4.74 Å². The van der Waals surface area contributed by atoms with Gasteiger partial charge in [0.1, 0.15) is 23.9 Å². The number of phenols is 1. The number of phenolic OH excluding ortho intramolecular Hbond substituents is 1. The SMILES string of the molecule is CCC(C)C1NC(=O)C(C)C(O)C(Cc2c(F)nc(F)c(F)c2F)NC(=O)C(NC(=O)c2ccccc2O)C(C)OC1=O. The molecule has 3 amide bonds. The lowest BCUT2D eigenvalue weighted by atomic mass is 9.90. The van der Waals surface area contributed by atoms with Gasteiger partial charge >= 0.3 is 5.97 Å². The molecule has 7 atom stereocenters. The highest BCUT2D eigenvalue weighted by Gasteiger charge is 2.40. The molecular weight excluding hydrogens is 580 g/mol. The number of rotatable bonds is 6. The van der Waals surface area contributed by atoms with Crippen LogP contribution < -0.4 is 16.0 Å². The lowest BCUT2D eigenvalue weighted by Gasteiger charge is -2.34. The van der Waals surface area contributed by atoms with Gasteiger partial charge in [-0.2, -0.15) is 18.2 Å². The molecule has 0 radical (unpaired) electrons. The first kappa shape index (κ1) is 33.2. The number of carbonyl (C=O) groups is 4. The van der Waals surface area contributed by atoms with Crippen LogP contribution in [0.3, 0.4) is 0 Å². The summed E-state index contributed by atoms with van der Waals surface area (Å²) in [5.74, 6) is -14.2. The van der Waals surface area contributed by atoms with Crippen molar-refractivity contribution in [1.82, 2.24) is 20.9 Å². The fourth-order valence-corrected chi connectivity index (χ4v) is 4.50. The van der Waals surface area contributed by atoms with Crippen molar-refractivity contribution in [3.8, 4) is 5.75 Å². The van der Waals surface area contributed by atoms with E-state index >= 15 is 0 Å². The number of para-hydroxylation sites is 1. The number of aliphatic hydroxyl groups is 1. The lowest BCUT2D eigenvalue weighted by molar-refractivity contribution is -0.157. The molecule has 15 heteroatoms. The predicted octanol–water partition coefficient (Wildman–Crippen LogP) is 1.64. The van der Waals surface area contributed by atoms with E-state index < -0.39 is 107 Å². The Kier molecular flexibility index (Phi) is 10.7. The molecule has 0 aliphatic carbocycles. The van der Waals surface area contributed by atoms with Crippen LogP contribution in [0.25, 0.3) is 0 Å². The Labute approximate surface area is 244 Å². The first-order valence-electron chi connectivity index (χ1n) is 13.4. The molecule has 11 nitrogen and oxygen atoms in total. The molecule has 1 aliphatic heterocycles. The van der Waals surface area contributed by atoms with Crippen LogP contribution in [0.1, 0.15) is 50.0 Å². The van der Waals surface area contributed by atoms with E-state index in [1.54, 1.807) is 13.8 Å². The zero-order chi connectivity index (χ0) is 32.2. The van der Waals surface area contributed by atoms with Crippen LogP contribution in [0.2, 0.25) is 0 Å². The first-order valence-corrected chi connectivity index (χ1v) is 13.4. The predicted molar refractivity (Wildman–Crippen MR) is 141 cm³/mol. The van der Waals surface area contributed by atoms with E-state index in [2.05, 4.69) is 20.9 Å². The van der Waals surface area contributed by atoms with Gasteiger partial charge in [-0.05, 0) is 25.0 Å². The van der Waals surface area contributed by atoms with Gasteiger partial charge in [-0.3, -0.25) is 14.4 Å². The summed E-state index contributed by atoms with van der Waals surface area (Å²) in [5, 5.41) is 28.3. The van der Waals surface area contributed by atoms with Crippen LogP contribution in [0, 0.1) is 35.4 Å². The van der Waals surface area contributed by atoms with E-state index in [9.17, 15) is 47.0 Å². The Morgan fingerprint density at radius 1 is 1.05 bits per heavy atom. The van der Waals surface area contributed by atoms with Gasteiger partial charge in [-0.15, -0.1) is 0 Å². The number of cyclic esters (lactones) is 1. The van der Waals surface area contributed by atoms with Gasteiger partial charge in [-0.25, -0.2) is 9.18 Å². The third kappa shape index (κ3) is 7.39. The monoisotopic (exact) mass is 612 g/mol. The molecule has 1 aliphatic rings. The number of amides is 3. The van der Waals surface area contributed by atoms with E-state index in [1.165, 1.54) is 38.1 Å². The number of ether oxygens (including phenoxy) is 1. The molecule has 7 unspecified atom stereocenters. The minimum absolute atomic E-state index is 0.244. The van der Waals surface area contributed by atoms with Crippen LogP contribution in [-0.4, -0.2) is 69.2 Å². The van der Waals surface area contributed by atoms with E-state index in [1.807, 2.05) is 0 Å². The van der Waals surface area contributed by atoms with E-state index in [0.29, 0.717) is 6.42 Å². The van der Waals surface area contributed by atoms with E-state index in [-0.39, 0.29) is 5.56 Å². The molecule has 0 saturated carbocycles. The second-order valence-corrected chi connectivity index (χ2v) is 10.4. The third-order valence-electron chi connectivity index (χ3n) is 7.43. The van der Waals surface area contributed by atoms with Crippen molar-refractivity contribution >= 4 is 23.7 Å². The summed E-state index contributed by atoms with van der Waals surface area (Å²) < 4.78 is 61.9. The maximum Gasteiger partial charge on any atom is 0.329 e. The number of hydrogen-bond donors (Lipinski definition) is 5. The number of hydrogen-bond acceptors (Lipinski definition) is 8. The number of pyridine rings is 1. The van der Waals surface area contributed by atoms with Crippen molar-refractivity contribution < 1.29 is 51.7 Å². The fourth-order valence-electron chi connectivity index (χ4n) is 4.50. The molecule has 0 spiro atoms. The van der Waals surface area contributed by atoms with Gasteiger partial charge < -0.3 is 30.9 Å². The Morgan fingerprint density at radius 2 is 1.70 bits per heavy atom. The highest BCUT2D eigenvalue weighted by Crippen LogP contribution is 2.23. The molecule has 43 heavy (non-hydrogen) atoms. The van der Waals surface area contributed by atoms with Crippen LogP contribution in [-0.2, 0) is 25.5 Å². The van der Waals surface area contributed by atoms with Gasteiger partial charge in [-0.1, -0.05) is 39.3 Å². The van der Waals surface area contributed by atoms with Gasteiger partial charge in [0.25, 0.3) is 11.9 Å². The molecule has 1 aromatic carbocycles. The minimum Gasteiger partial charge on any atom is -0.507 e. The topological polar surface area (TPSA) is 167 Å². The number of halogens is 4. The van der Waals surface area contributed by atoms with Crippen LogP contribution in [0.15, 0.2) is 24.3 Å². The maximum absolute atomic E-state index is 14.6. The quantitative estimate of drug-likeness (QED) is 0.187. The number of aromatic hydroxyl groups is 1. The number of benzene rings is 1. The molecule has 1 aromatic heterocycles.